The van der Waals surface area contributed by atoms with E-state index in [1.54, 1.807) is 29.2 Å². The molecule has 1 saturated heterocycles. The Bertz CT molecular complexity index is 647. The molecule has 0 radical (unpaired) electrons. The Balaban J connectivity index is 2.03. The minimum atomic E-state index is -0.269. The van der Waals surface area contributed by atoms with Gasteiger partial charge in [0.1, 0.15) is 0 Å². The first kappa shape index (κ1) is 19.9. The molecule has 0 aromatic heterocycles. The molecule has 1 heterocycles. The van der Waals surface area contributed by atoms with Gasteiger partial charge >= 0.3 is 0 Å². The van der Waals surface area contributed by atoms with Gasteiger partial charge in [-0.15, -0.1) is 0 Å². The van der Waals surface area contributed by atoms with Gasteiger partial charge in [0, 0.05) is 32.6 Å². The minimum Gasteiger partial charge on any atom is -0.351 e. The first-order chi connectivity index (χ1) is 12.6. The number of piperidine rings is 1. The van der Waals surface area contributed by atoms with Crippen LogP contribution in [-0.4, -0.2) is 48.8 Å². The summed E-state index contributed by atoms with van der Waals surface area (Å²) in [4.78, 5) is 38.8. The molecule has 142 valence electrons. The highest BCUT2D eigenvalue weighted by Crippen LogP contribution is 2.21. The third kappa shape index (κ3) is 5.29. The van der Waals surface area contributed by atoms with Gasteiger partial charge in [0.05, 0.1) is 17.2 Å². The molecule has 0 spiro atoms. The molecule has 1 aromatic carbocycles. The Morgan fingerprint density at radius 3 is 2.77 bits per heavy atom. The summed E-state index contributed by atoms with van der Waals surface area (Å²) in [5.41, 5.74) is 6.30. The number of nitrogens with zero attached hydrogens (tertiary/aromatic N) is 1. The van der Waals surface area contributed by atoms with Crippen LogP contribution < -0.4 is 16.4 Å². The molecule has 1 aromatic rings. The topological polar surface area (TPSA) is 105 Å². The maximum absolute atomic E-state index is 12.7. The van der Waals surface area contributed by atoms with E-state index in [-0.39, 0.29) is 23.6 Å². The van der Waals surface area contributed by atoms with Gasteiger partial charge in [0.2, 0.25) is 11.8 Å². The lowest BCUT2D eigenvalue weighted by molar-refractivity contribution is -0.134. The molecule has 2 rings (SSSR count). The second-order valence-electron chi connectivity index (χ2n) is 6.51. The van der Waals surface area contributed by atoms with E-state index in [4.69, 9.17) is 5.73 Å². The van der Waals surface area contributed by atoms with E-state index in [1.807, 2.05) is 6.92 Å². The molecule has 1 fully saturated rings. The molecule has 7 heteroatoms. The Morgan fingerprint density at radius 1 is 1.27 bits per heavy atom. The quantitative estimate of drug-likeness (QED) is 0.683. The number of rotatable bonds is 7. The van der Waals surface area contributed by atoms with Gasteiger partial charge in [-0.2, -0.15) is 0 Å². The Labute approximate surface area is 154 Å². The summed E-state index contributed by atoms with van der Waals surface area (Å²) in [6.07, 6.45) is 2.87. The first-order valence-electron chi connectivity index (χ1n) is 9.22. The van der Waals surface area contributed by atoms with E-state index >= 15 is 0 Å². The summed E-state index contributed by atoms with van der Waals surface area (Å²) in [6.45, 7) is 3.84. The van der Waals surface area contributed by atoms with Gasteiger partial charge in [-0.05, 0) is 31.4 Å². The molecule has 3 amide bonds. The van der Waals surface area contributed by atoms with Crippen molar-refractivity contribution >= 4 is 23.4 Å². The van der Waals surface area contributed by atoms with Crippen molar-refractivity contribution in [3.8, 4) is 0 Å². The van der Waals surface area contributed by atoms with Gasteiger partial charge in [0.25, 0.3) is 5.91 Å². The third-order valence-corrected chi connectivity index (χ3v) is 4.47. The monoisotopic (exact) mass is 360 g/mol. The number of hydrogen-bond donors (Lipinski definition) is 3. The van der Waals surface area contributed by atoms with Crippen molar-refractivity contribution in [3.05, 3.63) is 29.8 Å². The normalized spacial score (nSPS) is 16.8. The zero-order chi connectivity index (χ0) is 18.9. The first-order valence-corrected chi connectivity index (χ1v) is 9.22. The number of nitrogens with one attached hydrogen (secondary N) is 2. The highest BCUT2D eigenvalue weighted by molar-refractivity contribution is 6.04. The fraction of sp³-hybridized carbons (Fsp3) is 0.526. The number of likely N-dealkylation sites (tertiary alicyclic amines) is 1. The van der Waals surface area contributed by atoms with Crippen molar-refractivity contribution in [1.29, 1.82) is 0 Å². The molecule has 0 saturated carbocycles. The zero-order valence-corrected chi connectivity index (χ0v) is 15.3. The molecular formula is C19H28N4O3. The maximum Gasteiger partial charge on any atom is 0.253 e. The van der Waals surface area contributed by atoms with Crippen LogP contribution in [0.3, 0.4) is 0 Å². The predicted octanol–water partition coefficient (Wildman–Crippen LogP) is 1.35. The molecule has 7 nitrogen and oxygen atoms in total. The highest BCUT2D eigenvalue weighted by Gasteiger charge is 2.28. The van der Waals surface area contributed by atoms with Crippen molar-refractivity contribution in [2.75, 3.05) is 31.5 Å². The second kappa shape index (κ2) is 9.91. The van der Waals surface area contributed by atoms with Crippen LogP contribution in [0.25, 0.3) is 0 Å². The van der Waals surface area contributed by atoms with Gasteiger partial charge in [-0.25, -0.2) is 0 Å². The van der Waals surface area contributed by atoms with Crippen LogP contribution in [0.2, 0.25) is 0 Å². The number of benzene rings is 1. The van der Waals surface area contributed by atoms with Crippen LogP contribution in [0.1, 0.15) is 43.0 Å². The van der Waals surface area contributed by atoms with Crippen molar-refractivity contribution < 1.29 is 14.4 Å². The Morgan fingerprint density at radius 2 is 2.04 bits per heavy atom. The van der Waals surface area contributed by atoms with E-state index in [1.165, 1.54) is 0 Å². The smallest absolute Gasteiger partial charge is 0.253 e. The van der Waals surface area contributed by atoms with Crippen molar-refractivity contribution in [3.63, 3.8) is 0 Å². The van der Waals surface area contributed by atoms with Gasteiger partial charge in [-0.3, -0.25) is 14.4 Å². The second-order valence-corrected chi connectivity index (χ2v) is 6.51. The van der Waals surface area contributed by atoms with E-state index in [0.717, 1.165) is 19.3 Å². The lowest BCUT2D eigenvalue weighted by Gasteiger charge is -2.32. The molecule has 4 N–H and O–H groups in total. The highest BCUT2D eigenvalue weighted by atomic mass is 16.2. The molecule has 1 atom stereocenters. The van der Waals surface area contributed by atoms with Crippen molar-refractivity contribution in [1.82, 2.24) is 10.2 Å². The fourth-order valence-corrected chi connectivity index (χ4v) is 3.10. The number of nitrogens with two attached hydrogens (primary N) is 1. The van der Waals surface area contributed by atoms with E-state index in [9.17, 15) is 14.4 Å². The lowest BCUT2D eigenvalue weighted by atomic mass is 9.96. The number of carbonyl (C=O) groups is 3. The van der Waals surface area contributed by atoms with Gasteiger partial charge < -0.3 is 21.3 Å². The van der Waals surface area contributed by atoms with Crippen molar-refractivity contribution in [2.24, 2.45) is 11.7 Å². The van der Waals surface area contributed by atoms with Crippen LogP contribution in [0.15, 0.2) is 24.3 Å². The molecule has 26 heavy (non-hydrogen) atoms. The summed E-state index contributed by atoms with van der Waals surface area (Å²) < 4.78 is 0. The van der Waals surface area contributed by atoms with E-state index in [2.05, 4.69) is 10.6 Å². The predicted molar refractivity (Wildman–Crippen MR) is 101 cm³/mol. The molecule has 1 aliphatic heterocycles. The molecule has 1 unspecified atom stereocenters. The van der Waals surface area contributed by atoms with Gasteiger partial charge in [0.15, 0.2) is 0 Å². The summed E-state index contributed by atoms with van der Waals surface area (Å²) in [6, 6.07) is 6.89. The lowest BCUT2D eigenvalue weighted by Crippen LogP contribution is -2.43. The molecular weight excluding hydrogens is 332 g/mol. The van der Waals surface area contributed by atoms with E-state index in [0.29, 0.717) is 43.9 Å². The summed E-state index contributed by atoms with van der Waals surface area (Å²) in [5, 5.41) is 5.57. The van der Waals surface area contributed by atoms with Crippen LogP contribution in [0.4, 0.5) is 5.69 Å². The summed E-state index contributed by atoms with van der Waals surface area (Å²) in [5.74, 6) is -0.580. The Kier molecular flexibility index (Phi) is 7.59. The third-order valence-electron chi connectivity index (χ3n) is 4.47. The Hall–Kier alpha value is -2.41. The van der Waals surface area contributed by atoms with Crippen LogP contribution in [-0.2, 0) is 9.59 Å². The number of amides is 3. The molecule has 1 aliphatic rings. The standard InChI is InChI=1S/C19H28N4O3/c1-2-6-17(24)23-12-5-7-14(13-23)18(25)22-16-9-4-3-8-15(16)19(26)21-11-10-20/h3-4,8-9,14H,2,5-7,10-13,20H2,1H3,(H,21,26)(H,22,25). The van der Waals surface area contributed by atoms with Crippen LogP contribution >= 0.6 is 0 Å². The summed E-state index contributed by atoms with van der Waals surface area (Å²) >= 11 is 0. The number of hydrogen-bond acceptors (Lipinski definition) is 4. The minimum absolute atomic E-state index is 0.103. The van der Waals surface area contributed by atoms with Crippen molar-refractivity contribution in [2.45, 2.75) is 32.6 Å². The van der Waals surface area contributed by atoms with Crippen LogP contribution in [0.5, 0.6) is 0 Å². The SMILES string of the molecule is CCCC(=O)N1CCCC(C(=O)Nc2ccccc2C(=O)NCCN)C1. The molecule has 0 aliphatic carbocycles. The van der Waals surface area contributed by atoms with Crippen LogP contribution in [0, 0.1) is 5.92 Å². The maximum atomic E-state index is 12.7. The fourth-order valence-electron chi connectivity index (χ4n) is 3.10. The number of carbonyl (C=O) groups excluding carboxylic acids is 3. The average Bonchev–Trinajstić information content (AvgIpc) is 2.66. The zero-order valence-electron chi connectivity index (χ0n) is 15.3. The summed E-state index contributed by atoms with van der Waals surface area (Å²) in [7, 11) is 0. The molecule has 0 bridgehead atoms. The average molecular weight is 360 g/mol. The number of para-hydroxylation sites is 1. The number of anilines is 1. The van der Waals surface area contributed by atoms with Gasteiger partial charge in [-0.1, -0.05) is 19.1 Å². The largest absolute Gasteiger partial charge is 0.351 e. The van der Waals surface area contributed by atoms with E-state index < -0.39 is 0 Å².